The van der Waals surface area contributed by atoms with Gasteiger partial charge in [-0.3, -0.25) is 4.90 Å². The molecule has 0 unspecified atom stereocenters. The van der Waals surface area contributed by atoms with Crippen LogP contribution in [0, 0.1) is 0 Å². The van der Waals surface area contributed by atoms with Crippen LogP contribution in [0.15, 0.2) is 22.7 Å². The zero-order chi connectivity index (χ0) is 17.1. The molecule has 0 amide bonds. The third-order valence-electron chi connectivity index (χ3n) is 4.94. The van der Waals surface area contributed by atoms with Gasteiger partial charge in [-0.1, -0.05) is 30.5 Å². The molecule has 1 aliphatic heterocycles. The van der Waals surface area contributed by atoms with Crippen molar-refractivity contribution in [3.8, 4) is 11.5 Å². The Bertz CT molecular complexity index is 712. The van der Waals surface area contributed by atoms with Crippen molar-refractivity contribution in [1.29, 1.82) is 0 Å². The van der Waals surface area contributed by atoms with E-state index in [0.717, 1.165) is 18.0 Å². The average molecular weight is 344 g/mol. The van der Waals surface area contributed by atoms with Crippen molar-refractivity contribution in [1.82, 2.24) is 15.0 Å². The molecule has 0 saturated heterocycles. The second kappa shape index (κ2) is 7.41. The van der Waals surface area contributed by atoms with Crippen LogP contribution in [0.3, 0.4) is 0 Å². The van der Waals surface area contributed by atoms with Crippen LogP contribution < -0.4 is 15.2 Å². The van der Waals surface area contributed by atoms with Gasteiger partial charge < -0.3 is 19.7 Å². The Hall–Kier alpha value is -2.12. The van der Waals surface area contributed by atoms with E-state index in [9.17, 15) is 0 Å². The van der Waals surface area contributed by atoms with Gasteiger partial charge in [0.25, 0.3) is 0 Å². The van der Waals surface area contributed by atoms with E-state index in [0.29, 0.717) is 31.1 Å². The summed E-state index contributed by atoms with van der Waals surface area (Å²) in [4.78, 5) is 6.82. The number of nitrogens with two attached hydrogens (primary N) is 1. The second-order valence-corrected chi connectivity index (χ2v) is 6.69. The first-order valence-corrected chi connectivity index (χ1v) is 8.96. The van der Waals surface area contributed by atoms with Crippen LogP contribution in [0.2, 0.25) is 0 Å². The van der Waals surface area contributed by atoms with E-state index in [1.165, 1.54) is 37.7 Å². The van der Waals surface area contributed by atoms with Crippen molar-refractivity contribution >= 4 is 0 Å². The first-order chi connectivity index (χ1) is 12.3. The molecular formula is C18H24N4O3. The second-order valence-electron chi connectivity index (χ2n) is 6.69. The summed E-state index contributed by atoms with van der Waals surface area (Å²) in [6, 6.07) is 6.70. The fraction of sp³-hybridized carbons (Fsp3) is 0.556. The zero-order valence-corrected chi connectivity index (χ0v) is 14.3. The molecule has 1 fully saturated rings. The molecule has 1 aromatic carbocycles. The summed E-state index contributed by atoms with van der Waals surface area (Å²) < 4.78 is 16.1. The smallest absolute Gasteiger partial charge is 0.240 e. The standard InChI is InChI=1S/C18H24N4O3/c19-9-18-20-17(21-25-18)11-22(14-4-2-1-3-5-14)10-13-6-7-15-16(8-13)24-12-23-15/h6-8,14H,1-5,9-12,19H2. The molecule has 0 atom stereocenters. The molecule has 1 aromatic heterocycles. The topological polar surface area (TPSA) is 86.6 Å². The summed E-state index contributed by atoms with van der Waals surface area (Å²) >= 11 is 0. The highest BCUT2D eigenvalue weighted by Gasteiger charge is 2.24. The molecule has 0 radical (unpaired) electrons. The van der Waals surface area contributed by atoms with E-state index < -0.39 is 0 Å². The highest BCUT2D eigenvalue weighted by Crippen LogP contribution is 2.33. The van der Waals surface area contributed by atoms with Crippen LogP contribution >= 0.6 is 0 Å². The molecule has 1 aliphatic carbocycles. The molecule has 2 N–H and O–H groups in total. The first-order valence-electron chi connectivity index (χ1n) is 8.96. The predicted octanol–water partition coefficient (Wildman–Crippen LogP) is 2.59. The van der Waals surface area contributed by atoms with Gasteiger partial charge in [0, 0.05) is 12.6 Å². The largest absolute Gasteiger partial charge is 0.454 e. The summed E-state index contributed by atoms with van der Waals surface area (Å²) in [6.07, 6.45) is 6.32. The number of rotatable bonds is 6. The Morgan fingerprint density at radius 3 is 2.72 bits per heavy atom. The molecule has 2 aromatic rings. The number of ether oxygens (including phenoxy) is 2. The summed E-state index contributed by atoms with van der Waals surface area (Å²) in [6.45, 7) is 2.07. The molecule has 134 valence electrons. The van der Waals surface area contributed by atoms with Gasteiger partial charge >= 0.3 is 0 Å². The Morgan fingerprint density at radius 1 is 1.08 bits per heavy atom. The van der Waals surface area contributed by atoms with E-state index in [-0.39, 0.29) is 6.54 Å². The first kappa shape index (κ1) is 16.4. The van der Waals surface area contributed by atoms with Gasteiger partial charge in [-0.15, -0.1) is 0 Å². The van der Waals surface area contributed by atoms with Crippen LogP contribution in [0.5, 0.6) is 11.5 Å². The number of nitrogens with zero attached hydrogens (tertiary/aromatic N) is 3. The molecule has 0 bridgehead atoms. The Balaban J connectivity index is 1.51. The lowest BCUT2D eigenvalue weighted by atomic mass is 9.93. The van der Waals surface area contributed by atoms with Crippen LogP contribution in [-0.2, 0) is 19.6 Å². The Labute approximate surface area is 147 Å². The number of benzene rings is 1. The van der Waals surface area contributed by atoms with Crippen molar-refractivity contribution in [3.63, 3.8) is 0 Å². The van der Waals surface area contributed by atoms with Crippen LogP contribution in [0.4, 0.5) is 0 Å². The minimum atomic E-state index is 0.276. The summed E-state index contributed by atoms with van der Waals surface area (Å²) in [5.74, 6) is 2.83. The predicted molar refractivity (Wildman–Crippen MR) is 90.9 cm³/mol. The van der Waals surface area contributed by atoms with Gasteiger partial charge in [-0.25, -0.2) is 0 Å². The minimum Gasteiger partial charge on any atom is -0.454 e. The Morgan fingerprint density at radius 2 is 1.92 bits per heavy atom. The summed E-state index contributed by atoms with van der Waals surface area (Å²) in [7, 11) is 0. The van der Waals surface area contributed by atoms with Crippen LogP contribution in [0.25, 0.3) is 0 Å². The average Bonchev–Trinajstić information content (AvgIpc) is 3.30. The van der Waals surface area contributed by atoms with E-state index in [1.807, 2.05) is 6.07 Å². The maximum atomic E-state index is 5.58. The minimum absolute atomic E-state index is 0.276. The van der Waals surface area contributed by atoms with Crippen molar-refractivity contribution < 1.29 is 14.0 Å². The number of fused-ring (bicyclic) bond motifs is 1. The molecule has 25 heavy (non-hydrogen) atoms. The molecule has 7 nitrogen and oxygen atoms in total. The lowest BCUT2D eigenvalue weighted by molar-refractivity contribution is 0.135. The normalized spacial score (nSPS) is 17.4. The zero-order valence-electron chi connectivity index (χ0n) is 14.3. The molecule has 0 spiro atoms. The fourth-order valence-electron chi connectivity index (χ4n) is 3.65. The highest BCUT2D eigenvalue weighted by atomic mass is 16.7. The van der Waals surface area contributed by atoms with Crippen LogP contribution in [-0.4, -0.2) is 27.9 Å². The summed E-state index contributed by atoms with van der Waals surface area (Å²) in [5, 5.41) is 4.07. The van der Waals surface area contributed by atoms with E-state index in [4.69, 9.17) is 19.7 Å². The number of hydrogen-bond acceptors (Lipinski definition) is 7. The van der Waals surface area contributed by atoms with E-state index in [2.05, 4.69) is 27.2 Å². The van der Waals surface area contributed by atoms with Gasteiger partial charge in [0.2, 0.25) is 12.7 Å². The Kier molecular flexibility index (Phi) is 4.85. The van der Waals surface area contributed by atoms with Crippen molar-refractivity contribution in [3.05, 3.63) is 35.5 Å². The van der Waals surface area contributed by atoms with Crippen molar-refractivity contribution in [2.45, 2.75) is 57.8 Å². The van der Waals surface area contributed by atoms with Crippen molar-refractivity contribution in [2.75, 3.05) is 6.79 Å². The maximum Gasteiger partial charge on any atom is 0.240 e. The van der Waals surface area contributed by atoms with Gasteiger partial charge in [0.1, 0.15) is 0 Å². The molecule has 7 heteroatoms. The molecule has 4 rings (SSSR count). The van der Waals surface area contributed by atoms with E-state index >= 15 is 0 Å². The van der Waals surface area contributed by atoms with Gasteiger partial charge in [0.05, 0.1) is 13.1 Å². The lowest BCUT2D eigenvalue weighted by Crippen LogP contribution is -2.36. The van der Waals surface area contributed by atoms with Gasteiger partial charge in [-0.05, 0) is 30.5 Å². The fourth-order valence-corrected chi connectivity index (χ4v) is 3.65. The molecule has 1 saturated carbocycles. The number of hydrogen-bond donors (Lipinski definition) is 1. The SMILES string of the molecule is NCc1nc(CN(Cc2ccc3c(c2)OCO3)C2CCCCC2)no1. The molecule has 2 aliphatic rings. The molecular weight excluding hydrogens is 320 g/mol. The van der Waals surface area contributed by atoms with Gasteiger partial charge in [0.15, 0.2) is 17.3 Å². The van der Waals surface area contributed by atoms with E-state index in [1.54, 1.807) is 0 Å². The molecule has 2 heterocycles. The third-order valence-corrected chi connectivity index (χ3v) is 4.94. The van der Waals surface area contributed by atoms with Crippen molar-refractivity contribution in [2.24, 2.45) is 5.73 Å². The summed E-state index contributed by atoms with van der Waals surface area (Å²) in [5.41, 5.74) is 6.78. The quantitative estimate of drug-likeness (QED) is 0.862. The maximum absolute atomic E-state index is 5.58. The number of aromatic nitrogens is 2. The van der Waals surface area contributed by atoms with Gasteiger partial charge in [-0.2, -0.15) is 4.98 Å². The van der Waals surface area contributed by atoms with Crippen LogP contribution in [0.1, 0.15) is 49.4 Å². The lowest BCUT2D eigenvalue weighted by Gasteiger charge is -2.33. The third kappa shape index (κ3) is 3.77. The highest BCUT2D eigenvalue weighted by molar-refractivity contribution is 5.44. The monoisotopic (exact) mass is 344 g/mol.